The molecule has 0 aromatic rings. The lowest BCUT2D eigenvalue weighted by Gasteiger charge is -2.19. The van der Waals surface area contributed by atoms with Gasteiger partial charge in [-0.05, 0) is 64.2 Å². The zero-order chi connectivity index (χ0) is 46.0. The van der Waals surface area contributed by atoms with Crippen LogP contribution in [0.3, 0.4) is 0 Å². The number of ether oxygens (including phenoxy) is 2. The first kappa shape index (κ1) is 60.5. The molecule has 9 nitrogen and oxygen atoms in total. The van der Waals surface area contributed by atoms with E-state index in [-0.39, 0.29) is 38.6 Å². The van der Waals surface area contributed by atoms with Crippen LogP contribution in [0.4, 0.5) is 0 Å². The van der Waals surface area contributed by atoms with Crippen molar-refractivity contribution in [1.82, 2.24) is 0 Å². The summed E-state index contributed by atoms with van der Waals surface area (Å²) in [6.07, 6.45) is 60.8. The molecule has 10 heteroatoms. The predicted molar refractivity (Wildman–Crippen MR) is 266 cm³/mol. The lowest BCUT2D eigenvalue weighted by Crippen LogP contribution is -2.29. The number of esters is 2. The van der Waals surface area contributed by atoms with Crippen molar-refractivity contribution in [2.75, 3.05) is 26.4 Å². The molecule has 63 heavy (non-hydrogen) atoms. The Hall–Kier alpha value is -2.55. The van der Waals surface area contributed by atoms with E-state index in [9.17, 15) is 19.0 Å². The van der Waals surface area contributed by atoms with E-state index >= 15 is 0 Å². The molecule has 0 aliphatic rings. The smallest absolute Gasteiger partial charge is 0.462 e. The van der Waals surface area contributed by atoms with E-state index < -0.39 is 26.5 Å². The van der Waals surface area contributed by atoms with Crippen LogP contribution in [0.25, 0.3) is 0 Å². The van der Waals surface area contributed by atoms with Crippen LogP contribution in [0.15, 0.2) is 72.9 Å². The molecule has 0 radical (unpaired) electrons. The minimum absolute atomic E-state index is 0.0499. The summed E-state index contributed by atoms with van der Waals surface area (Å²) in [5.74, 6) is -0.835. The van der Waals surface area contributed by atoms with E-state index in [1.165, 1.54) is 103 Å². The standard InChI is InChI=1S/C53H94NO8P/c1-3-5-7-9-11-13-15-17-19-20-21-22-23-24-25-26-27-28-29-30-32-34-36-38-40-42-44-46-53(56)62-51(50-61-63(57,58)60-48-47-54)49-59-52(55)45-43-41-39-37-35-33-31-18-16-14-12-10-8-6-4-2/h5,7,11,13,17,19,21-22,24-25,27-28,51H,3-4,6,8-10,12,14-16,18,20,23,26,29-50,54H2,1-2H3,(H,57,58)/b7-5-,13-11-,19-17-,22-21-,25-24-,28-27-. The Kier molecular flexibility index (Phi) is 46.9. The first-order chi connectivity index (χ1) is 30.8. The van der Waals surface area contributed by atoms with Gasteiger partial charge in [0.15, 0.2) is 6.10 Å². The third-order valence-electron chi connectivity index (χ3n) is 10.6. The quantitative estimate of drug-likeness (QED) is 0.0265. The number of phosphoric acid groups is 1. The molecular formula is C53H94NO8P. The highest BCUT2D eigenvalue weighted by Gasteiger charge is 2.26. The second-order valence-corrected chi connectivity index (χ2v) is 18.1. The lowest BCUT2D eigenvalue weighted by molar-refractivity contribution is -0.161. The highest BCUT2D eigenvalue weighted by molar-refractivity contribution is 7.47. The van der Waals surface area contributed by atoms with Gasteiger partial charge < -0.3 is 20.1 Å². The Labute approximate surface area is 386 Å². The van der Waals surface area contributed by atoms with Crippen LogP contribution in [0.5, 0.6) is 0 Å². The van der Waals surface area contributed by atoms with Gasteiger partial charge in [-0.2, -0.15) is 0 Å². The van der Waals surface area contributed by atoms with E-state index in [2.05, 4.69) is 86.8 Å². The molecule has 2 unspecified atom stereocenters. The third kappa shape index (κ3) is 48.7. The van der Waals surface area contributed by atoms with Crippen LogP contribution in [0.1, 0.15) is 219 Å². The van der Waals surface area contributed by atoms with Gasteiger partial charge >= 0.3 is 19.8 Å². The first-order valence-electron chi connectivity index (χ1n) is 25.4. The molecule has 0 saturated heterocycles. The van der Waals surface area contributed by atoms with Gasteiger partial charge in [-0.3, -0.25) is 18.6 Å². The molecule has 0 spiro atoms. The van der Waals surface area contributed by atoms with Gasteiger partial charge in [-0.25, -0.2) is 4.57 Å². The van der Waals surface area contributed by atoms with Crippen molar-refractivity contribution in [1.29, 1.82) is 0 Å². The van der Waals surface area contributed by atoms with Crippen molar-refractivity contribution >= 4 is 19.8 Å². The summed E-state index contributed by atoms with van der Waals surface area (Å²) in [6.45, 7) is 3.62. The number of hydrogen-bond donors (Lipinski definition) is 2. The third-order valence-corrected chi connectivity index (χ3v) is 11.6. The van der Waals surface area contributed by atoms with Crippen molar-refractivity contribution in [3.8, 4) is 0 Å². The van der Waals surface area contributed by atoms with Crippen molar-refractivity contribution in [2.24, 2.45) is 5.73 Å². The molecule has 3 N–H and O–H groups in total. The fraction of sp³-hybridized carbons (Fsp3) is 0.736. The molecule has 0 aromatic carbocycles. The normalized spacial score (nSPS) is 13.8. The molecule has 364 valence electrons. The van der Waals surface area contributed by atoms with Gasteiger partial charge in [0, 0.05) is 19.4 Å². The molecule has 0 aliphatic heterocycles. The van der Waals surface area contributed by atoms with Crippen LogP contribution >= 0.6 is 7.82 Å². The van der Waals surface area contributed by atoms with Gasteiger partial charge in [0.2, 0.25) is 0 Å². The molecular weight excluding hydrogens is 810 g/mol. The molecule has 0 aromatic heterocycles. The summed E-state index contributed by atoms with van der Waals surface area (Å²) >= 11 is 0. The Morgan fingerprint density at radius 3 is 1.30 bits per heavy atom. The first-order valence-corrected chi connectivity index (χ1v) is 26.9. The Morgan fingerprint density at radius 2 is 0.873 bits per heavy atom. The Bertz CT molecular complexity index is 1260. The van der Waals surface area contributed by atoms with Crippen molar-refractivity contribution < 1.29 is 37.6 Å². The fourth-order valence-corrected chi connectivity index (χ4v) is 7.64. The summed E-state index contributed by atoms with van der Waals surface area (Å²) in [5.41, 5.74) is 5.36. The van der Waals surface area contributed by atoms with Crippen molar-refractivity contribution in [2.45, 2.75) is 225 Å². The Morgan fingerprint density at radius 1 is 0.492 bits per heavy atom. The fourth-order valence-electron chi connectivity index (χ4n) is 6.87. The van der Waals surface area contributed by atoms with Crippen LogP contribution in [0, 0.1) is 0 Å². The van der Waals surface area contributed by atoms with Gasteiger partial charge in [-0.15, -0.1) is 0 Å². The van der Waals surface area contributed by atoms with E-state index in [0.717, 1.165) is 83.5 Å². The van der Waals surface area contributed by atoms with Crippen molar-refractivity contribution in [3.05, 3.63) is 72.9 Å². The average Bonchev–Trinajstić information content (AvgIpc) is 3.27. The Balaban J connectivity index is 4.06. The number of phosphoric ester groups is 1. The number of hydrogen-bond acceptors (Lipinski definition) is 8. The number of allylic oxidation sites excluding steroid dienone is 12. The van der Waals surface area contributed by atoms with E-state index in [1.807, 2.05) is 0 Å². The molecule has 0 heterocycles. The number of carbonyl (C=O) groups excluding carboxylic acids is 2. The minimum Gasteiger partial charge on any atom is -0.462 e. The highest BCUT2D eigenvalue weighted by atomic mass is 31.2. The number of carbonyl (C=O) groups is 2. The van der Waals surface area contributed by atoms with Crippen LogP contribution in [-0.4, -0.2) is 49.3 Å². The maximum Gasteiger partial charge on any atom is 0.472 e. The van der Waals surface area contributed by atoms with Crippen LogP contribution < -0.4 is 5.73 Å². The second kappa shape index (κ2) is 48.9. The summed E-state index contributed by atoms with van der Waals surface area (Å²) in [6, 6.07) is 0. The van der Waals surface area contributed by atoms with E-state index in [0.29, 0.717) is 6.42 Å². The average molecular weight is 904 g/mol. The maximum absolute atomic E-state index is 12.7. The predicted octanol–water partition coefficient (Wildman–Crippen LogP) is 15.4. The van der Waals surface area contributed by atoms with Gasteiger partial charge in [0.1, 0.15) is 6.61 Å². The number of unbranched alkanes of at least 4 members (excludes halogenated alkanes) is 22. The highest BCUT2D eigenvalue weighted by Crippen LogP contribution is 2.43. The topological polar surface area (TPSA) is 134 Å². The van der Waals surface area contributed by atoms with Crippen molar-refractivity contribution in [3.63, 3.8) is 0 Å². The number of nitrogens with two attached hydrogens (primary N) is 1. The molecule has 0 saturated carbocycles. The SMILES string of the molecule is CC/C=C\C/C=C\C/C=C\C/C=C\C/C=C\C/C=C\CCCCCCCCCCC(=O)OC(COC(=O)CCCCCCCCCCCCCCCCC)COP(=O)(O)OCCN. The van der Waals surface area contributed by atoms with E-state index in [1.54, 1.807) is 0 Å². The zero-order valence-electron chi connectivity index (χ0n) is 40.3. The molecule has 0 fully saturated rings. The summed E-state index contributed by atoms with van der Waals surface area (Å²) < 4.78 is 32.9. The summed E-state index contributed by atoms with van der Waals surface area (Å²) in [4.78, 5) is 35.0. The molecule has 2 atom stereocenters. The zero-order valence-corrected chi connectivity index (χ0v) is 41.2. The largest absolute Gasteiger partial charge is 0.472 e. The molecule has 0 rings (SSSR count). The number of rotatable bonds is 47. The monoisotopic (exact) mass is 904 g/mol. The van der Waals surface area contributed by atoms with Crippen LogP contribution in [0.2, 0.25) is 0 Å². The van der Waals surface area contributed by atoms with Gasteiger partial charge in [0.05, 0.1) is 13.2 Å². The molecule has 0 bridgehead atoms. The van der Waals surface area contributed by atoms with Gasteiger partial charge in [-0.1, -0.05) is 215 Å². The van der Waals surface area contributed by atoms with E-state index in [4.69, 9.17) is 24.3 Å². The summed E-state index contributed by atoms with van der Waals surface area (Å²) in [7, 11) is -4.39. The molecule has 0 amide bonds. The molecule has 0 aliphatic carbocycles. The lowest BCUT2D eigenvalue weighted by atomic mass is 10.0. The van der Waals surface area contributed by atoms with Crippen LogP contribution in [-0.2, 0) is 32.7 Å². The summed E-state index contributed by atoms with van der Waals surface area (Å²) in [5, 5.41) is 0. The van der Waals surface area contributed by atoms with Gasteiger partial charge in [0.25, 0.3) is 0 Å². The maximum atomic E-state index is 12.7. The second-order valence-electron chi connectivity index (χ2n) is 16.7. The minimum atomic E-state index is -4.39.